The second kappa shape index (κ2) is 9.11. The van der Waals surface area contributed by atoms with Crippen LogP contribution in [0.4, 0.5) is 0 Å². The molecule has 0 radical (unpaired) electrons. The molecular formula is C27H48O5. The lowest BCUT2D eigenvalue weighted by Gasteiger charge is -2.62. The Hall–Kier alpha value is -0.200. The van der Waals surface area contributed by atoms with E-state index in [4.69, 9.17) is 0 Å². The van der Waals surface area contributed by atoms with Crippen LogP contribution < -0.4 is 0 Å². The van der Waals surface area contributed by atoms with Crippen molar-refractivity contribution in [3.63, 3.8) is 0 Å². The number of hydrogen-bond acceptors (Lipinski definition) is 5. The summed E-state index contributed by atoms with van der Waals surface area (Å²) in [7, 11) is 0. The molecule has 0 amide bonds. The van der Waals surface area contributed by atoms with Crippen LogP contribution in [-0.4, -0.2) is 56.6 Å². The average Bonchev–Trinajstić information content (AvgIpc) is 2.94. The molecule has 32 heavy (non-hydrogen) atoms. The molecule has 4 saturated carbocycles. The molecule has 5 heteroatoms. The van der Waals surface area contributed by atoms with E-state index in [0.29, 0.717) is 30.6 Å². The van der Waals surface area contributed by atoms with Crippen LogP contribution in [0.1, 0.15) is 85.5 Å². The monoisotopic (exact) mass is 452 g/mol. The molecule has 6 unspecified atom stereocenters. The SMILES string of the molecule is CC(CO)CCCC(C)[C@H]1[C@@H](O)[C@H](O)C2C3C[C@@H](O)C4C[C@@H](O)CC[C@]4(C)C3CC[C@@]21C. The van der Waals surface area contributed by atoms with Gasteiger partial charge in [0, 0.05) is 6.61 Å². The number of rotatable bonds is 6. The van der Waals surface area contributed by atoms with Gasteiger partial charge in [0.25, 0.3) is 0 Å². The van der Waals surface area contributed by atoms with Gasteiger partial charge >= 0.3 is 0 Å². The molecule has 0 aromatic carbocycles. The molecule has 0 heterocycles. The van der Waals surface area contributed by atoms with Gasteiger partial charge in [-0.15, -0.1) is 0 Å². The highest BCUT2D eigenvalue weighted by molar-refractivity contribution is 5.15. The normalized spacial score (nSPS) is 52.6. The second-order valence-electron chi connectivity index (χ2n) is 12.9. The van der Waals surface area contributed by atoms with Crippen LogP contribution in [0, 0.1) is 52.3 Å². The van der Waals surface area contributed by atoms with E-state index in [1.54, 1.807) is 0 Å². The van der Waals surface area contributed by atoms with Crippen LogP contribution in [0.3, 0.4) is 0 Å². The first kappa shape index (κ1) is 24.9. The third-order valence-electron chi connectivity index (χ3n) is 11.1. The largest absolute Gasteiger partial charge is 0.396 e. The zero-order chi connectivity index (χ0) is 23.4. The summed E-state index contributed by atoms with van der Waals surface area (Å²) >= 11 is 0. The van der Waals surface area contributed by atoms with Crippen LogP contribution in [0.2, 0.25) is 0 Å². The van der Waals surface area contributed by atoms with E-state index in [2.05, 4.69) is 27.7 Å². The van der Waals surface area contributed by atoms with Crippen molar-refractivity contribution in [1.29, 1.82) is 0 Å². The Labute approximate surface area is 194 Å². The minimum absolute atomic E-state index is 0.0116. The molecule has 5 N–H and O–H groups in total. The lowest BCUT2D eigenvalue weighted by molar-refractivity contribution is -0.181. The maximum absolute atomic E-state index is 11.4. The molecule has 0 bridgehead atoms. The van der Waals surface area contributed by atoms with Gasteiger partial charge in [-0.2, -0.15) is 0 Å². The fraction of sp³-hybridized carbons (Fsp3) is 1.00. The summed E-state index contributed by atoms with van der Waals surface area (Å²) in [5, 5.41) is 53.4. The van der Waals surface area contributed by atoms with E-state index in [1.807, 2.05) is 0 Å². The van der Waals surface area contributed by atoms with Crippen molar-refractivity contribution < 1.29 is 25.5 Å². The minimum atomic E-state index is -0.724. The molecule has 4 rings (SSSR count). The fourth-order valence-electron chi connectivity index (χ4n) is 9.45. The van der Waals surface area contributed by atoms with Gasteiger partial charge in [0.05, 0.1) is 24.4 Å². The van der Waals surface area contributed by atoms with E-state index in [1.165, 1.54) is 0 Å². The molecule has 4 aliphatic carbocycles. The zero-order valence-electron chi connectivity index (χ0n) is 20.7. The summed E-state index contributed by atoms with van der Waals surface area (Å²) in [5.74, 6) is 1.55. The van der Waals surface area contributed by atoms with Gasteiger partial charge in [-0.05, 0) is 97.2 Å². The van der Waals surface area contributed by atoms with E-state index < -0.39 is 18.3 Å². The maximum atomic E-state index is 11.4. The number of aliphatic hydroxyl groups is 5. The van der Waals surface area contributed by atoms with Gasteiger partial charge in [0.1, 0.15) is 0 Å². The van der Waals surface area contributed by atoms with Gasteiger partial charge in [-0.3, -0.25) is 0 Å². The molecule has 4 fully saturated rings. The van der Waals surface area contributed by atoms with Crippen LogP contribution in [0.15, 0.2) is 0 Å². The lowest BCUT2D eigenvalue weighted by Crippen LogP contribution is -2.59. The predicted octanol–water partition coefficient (Wildman–Crippen LogP) is 3.35. The first-order valence-corrected chi connectivity index (χ1v) is 13.4. The lowest BCUT2D eigenvalue weighted by atomic mass is 9.43. The predicted molar refractivity (Wildman–Crippen MR) is 125 cm³/mol. The van der Waals surface area contributed by atoms with Crippen LogP contribution >= 0.6 is 0 Å². The van der Waals surface area contributed by atoms with Crippen molar-refractivity contribution in [3.05, 3.63) is 0 Å². The Morgan fingerprint density at radius 2 is 1.53 bits per heavy atom. The number of fused-ring (bicyclic) bond motifs is 5. The van der Waals surface area contributed by atoms with Crippen molar-refractivity contribution in [2.75, 3.05) is 6.61 Å². The van der Waals surface area contributed by atoms with Crippen molar-refractivity contribution >= 4 is 0 Å². The van der Waals surface area contributed by atoms with Gasteiger partial charge in [-0.25, -0.2) is 0 Å². The first-order chi connectivity index (χ1) is 15.0. The van der Waals surface area contributed by atoms with Crippen molar-refractivity contribution in [2.45, 2.75) is 110 Å². The van der Waals surface area contributed by atoms with Crippen molar-refractivity contribution in [1.82, 2.24) is 0 Å². The summed E-state index contributed by atoms with van der Waals surface area (Å²) in [6.07, 6.45) is 6.14. The second-order valence-corrected chi connectivity index (χ2v) is 12.9. The molecule has 0 aromatic heterocycles. The molecule has 186 valence electrons. The Morgan fingerprint density at radius 3 is 2.22 bits per heavy atom. The van der Waals surface area contributed by atoms with Crippen LogP contribution in [-0.2, 0) is 0 Å². The van der Waals surface area contributed by atoms with Gasteiger partial charge in [-0.1, -0.05) is 40.5 Å². The fourth-order valence-corrected chi connectivity index (χ4v) is 9.45. The molecule has 5 nitrogen and oxygen atoms in total. The highest BCUT2D eigenvalue weighted by Crippen LogP contribution is 2.68. The smallest absolute Gasteiger partial charge is 0.0838 e. The molecule has 4 aliphatic rings. The van der Waals surface area contributed by atoms with E-state index >= 15 is 0 Å². The van der Waals surface area contributed by atoms with Crippen molar-refractivity contribution in [3.8, 4) is 0 Å². The van der Waals surface area contributed by atoms with Crippen molar-refractivity contribution in [2.24, 2.45) is 52.3 Å². The first-order valence-electron chi connectivity index (χ1n) is 13.4. The van der Waals surface area contributed by atoms with E-state index in [9.17, 15) is 25.5 Å². The summed E-state index contributed by atoms with van der Waals surface area (Å²) in [6, 6.07) is 0. The topological polar surface area (TPSA) is 101 Å². The summed E-state index contributed by atoms with van der Waals surface area (Å²) < 4.78 is 0. The average molecular weight is 453 g/mol. The number of aliphatic hydroxyl groups excluding tert-OH is 5. The Kier molecular flexibility index (Phi) is 7.09. The molecule has 0 aromatic rings. The van der Waals surface area contributed by atoms with E-state index in [0.717, 1.165) is 44.9 Å². The van der Waals surface area contributed by atoms with Gasteiger partial charge in [0.2, 0.25) is 0 Å². The van der Waals surface area contributed by atoms with Gasteiger partial charge < -0.3 is 25.5 Å². The Morgan fingerprint density at radius 1 is 0.844 bits per heavy atom. The zero-order valence-corrected chi connectivity index (χ0v) is 20.7. The highest BCUT2D eigenvalue weighted by atomic mass is 16.3. The summed E-state index contributed by atoms with van der Waals surface area (Å²) in [5.41, 5.74) is -0.100. The third-order valence-corrected chi connectivity index (χ3v) is 11.1. The van der Waals surface area contributed by atoms with Gasteiger partial charge in [0.15, 0.2) is 0 Å². The molecule has 0 aliphatic heterocycles. The Bertz CT molecular complexity index is 656. The van der Waals surface area contributed by atoms with Crippen LogP contribution in [0.5, 0.6) is 0 Å². The molecule has 13 atom stereocenters. The summed E-state index contributed by atoms with van der Waals surface area (Å²) in [6.45, 7) is 9.16. The molecule has 0 saturated heterocycles. The van der Waals surface area contributed by atoms with Crippen LogP contribution in [0.25, 0.3) is 0 Å². The molecule has 0 spiro atoms. The Balaban J connectivity index is 1.55. The van der Waals surface area contributed by atoms with E-state index in [-0.39, 0.29) is 47.2 Å². The molecular weight excluding hydrogens is 404 g/mol. The summed E-state index contributed by atoms with van der Waals surface area (Å²) in [4.78, 5) is 0. The minimum Gasteiger partial charge on any atom is -0.396 e. The maximum Gasteiger partial charge on any atom is 0.0838 e. The standard InChI is InChI=1S/C27H48O5/c1-15(14-28)6-5-7-16(2)22-24(31)25(32)23-18-13-21(30)20-12-17(29)8-10-26(20,3)19(18)9-11-27(22,23)4/h15-25,28-32H,5-14H2,1-4H3/t15?,16?,17-,18?,19?,20?,21+,22-,23?,24+,25+,26+,27+/m0/s1. The third kappa shape index (κ3) is 3.88. The quantitative estimate of drug-likeness (QED) is 0.425. The highest BCUT2D eigenvalue weighted by Gasteiger charge is 2.67. The number of hydrogen-bond donors (Lipinski definition) is 5.